The maximum Gasteiger partial charge on any atom is 0.338 e. The van der Waals surface area contributed by atoms with Gasteiger partial charge in [-0.3, -0.25) is 9.36 Å². The molecule has 10 heteroatoms. The number of esters is 1. The highest BCUT2D eigenvalue weighted by Crippen LogP contribution is 2.38. The van der Waals surface area contributed by atoms with Gasteiger partial charge in [0.1, 0.15) is 12.4 Å². The highest BCUT2D eigenvalue weighted by molar-refractivity contribution is 9.11. The molecule has 1 aliphatic carbocycles. The van der Waals surface area contributed by atoms with Gasteiger partial charge in [-0.2, -0.15) is 0 Å². The van der Waals surface area contributed by atoms with E-state index < -0.39 is 12.0 Å². The minimum Gasteiger partial charge on any atom is -0.488 e. The zero-order valence-corrected chi connectivity index (χ0v) is 24.9. The van der Waals surface area contributed by atoms with Gasteiger partial charge in [-0.05, 0) is 49.6 Å². The third-order valence-electron chi connectivity index (χ3n) is 7.01. The molecule has 0 saturated carbocycles. The highest BCUT2D eigenvalue weighted by atomic mass is 79.9. The molecule has 3 aromatic rings. The van der Waals surface area contributed by atoms with Crippen LogP contribution in [0.5, 0.6) is 11.5 Å². The van der Waals surface area contributed by atoms with Crippen molar-refractivity contribution in [1.29, 1.82) is 0 Å². The lowest BCUT2D eigenvalue weighted by atomic mass is 9.95. The van der Waals surface area contributed by atoms with E-state index in [1.165, 1.54) is 11.3 Å². The second kappa shape index (κ2) is 11.5. The van der Waals surface area contributed by atoms with E-state index in [-0.39, 0.29) is 24.9 Å². The van der Waals surface area contributed by atoms with E-state index in [0.29, 0.717) is 50.7 Å². The molecule has 1 aromatic heterocycles. The lowest BCUT2D eigenvalue weighted by Crippen LogP contribution is -2.40. The summed E-state index contributed by atoms with van der Waals surface area (Å²) in [5, 5.41) is 0. The maximum absolute atomic E-state index is 13.9. The molecular formula is C31H27BrN2O6S. The quantitative estimate of drug-likeness (QED) is 0.344. The van der Waals surface area contributed by atoms with E-state index in [2.05, 4.69) is 20.9 Å². The van der Waals surface area contributed by atoms with Crippen molar-refractivity contribution in [3.63, 3.8) is 0 Å². The summed E-state index contributed by atoms with van der Waals surface area (Å²) < 4.78 is 25.5. The fraction of sp³-hybridized carbons (Fsp3) is 0.258. The number of rotatable bonds is 7. The van der Waals surface area contributed by atoms with Crippen LogP contribution in [0.25, 0.3) is 6.08 Å². The summed E-state index contributed by atoms with van der Waals surface area (Å²) in [4.78, 5) is 32.2. The van der Waals surface area contributed by atoms with Crippen LogP contribution in [0.2, 0.25) is 0 Å². The number of fused-ring (bicyclic) bond motifs is 2. The van der Waals surface area contributed by atoms with Gasteiger partial charge in [-0.25, -0.2) is 9.79 Å². The third kappa shape index (κ3) is 5.41. The van der Waals surface area contributed by atoms with Crippen LogP contribution in [0.15, 0.2) is 92.0 Å². The molecule has 0 amide bonds. The van der Waals surface area contributed by atoms with Crippen molar-refractivity contribution in [3.8, 4) is 11.5 Å². The largest absolute Gasteiger partial charge is 0.488 e. The standard InChI is InChI=1S/C31H27BrN2O6S/c1-3-37-30(36)27-18(2)33-31-34(28(27)21-10-12-24-25(15-21)40-17-39-24)29(35)26(41-31)14-20-9-11-23(22(32)13-20)38-16-19-7-5-4-6-8-19/h4-12,14-15,20,28H,3,13,16-17H2,1-2H3/b26-14-/t20-,28+/m0/s1. The van der Waals surface area contributed by atoms with Gasteiger partial charge in [0.15, 0.2) is 16.3 Å². The summed E-state index contributed by atoms with van der Waals surface area (Å²) in [6.45, 7) is 4.33. The second-order valence-corrected chi connectivity index (χ2v) is 11.7. The average Bonchev–Trinajstić information content (AvgIpc) is 3.56. The molecule has 0 N–H and O–H groups in total. The Bertz CT molecular complexity index is 1790. The predicted octanol–water partition coefficient (Wildman–Crippen LogP) is 4.88. The molecule has 3 aliphatic rings. The Morgan fingerprint density at radius 1 is 1.20 bits per heavy atom. The van der Waals surface area contributed by atoms with Crippen LogP contribution in [0.3, 0.4) is 0 Å². The normalized spacial score (nSPS) is 19.7. The number of thiazole rings is 1. The number of aromatic nitrogens is 1. The van der Waals surface area contributed by atoms with Gasteiger partial charge in [0.2, 0.25) is 6.79 Å². The molecule has 0 bridgehead atoms. The molecule has 0 saturated heterocycles. The van der Waals surface area contributed by atoms with Gasteiger partial charge in [0.25, 0.3) is 5.56 Å². The molecule has 8 nitrogen and oxygen atoms in total. The summed E-state index contributed by atoms with van der Waals surface area (Å²) in [6, 6.07) is 14.7. The van der Waals surface area contributed by atoms with E-state index in [4.69, 9.17) is 18.9 Å². The number of benzene rings is 2. The molecule has 0 unspecified atom stereocenters. The number of halogens is 1. The van der Waals surface area contributed by atoms with Crippen molar-refractivity contribution in [2.75, 3.05) is 13.4 Å². The molecule has 3 heterocycles. The van der Waals surface area contributed by atoms with E-state index in [0.717, 1.165) is 15.8 Å². The Kier molecular flexibility index (Phi) is 7.68. The maximum atomic E-state index is 13.9. The van der Waals surface area contributed by atoms with Gasteiger partial charge in [-0.15, -0.1) is 0 Å². The first-order valence-electron chi connectivity index (χ1n) is 13.3. The molecular weight excluding hydrogens is 608 g/mol. The first-order valence-corrected chi connectivity index (χ1v) is 14.9. The summed E-state index contributed by atoms with van der Waals surface area (Å²) in [7, 11) is 0. The fourth-order valence-corrected chi connectivity index (χ4v) is 6.77. The summed E-state index contributed by atoms with van der Waals surface area (Å²) in [5.74, 6) is 1.44. The smallest absolute Gasteiger partial charge is 0.338 e. The van der Waals surface area contributed by atoms with Crippen LogP contribution in [0.1, 0.15) is 37.4 Å². The topological polar surface area (TPSA) is 88.4 Å². The molecule has 210 valence electrons. The van der Waals surface area contributed by atoms with Gasteiger partial charge >= 0.3 is 5.97 Å². The molecule has 2 atom stereocenters. The molecule has 0 radical (unpaired) electrons. The Morgan fingerprint density at radius 3 is 2.78 bits per heavy atom. The summed E-state index contributed by atoms with van der Waals surface area (Å²) in [5.41, 5.74) is 2.43. The van der Waals surface area contributed by atoms with Gasteiger partial charge in [0, 0.05) is 10.4 Å². The lowest BCUT2D eigenvalue weighted by Gasteiger charge is -2.24. The molecule has 2 aromatic carbocycles. The van der Waals surface area contributed by atoms with Crippen molar-refractivity contribution in [3.05, 3.63) is 113 Å². The van der Waals surface area contributed by atoms with Crippen molar-refractivity contribution < 1.29 is 23.7 Å². The lowest BCUT2D eigenvalue weighted by molar-refractivity contribution is -0.139. The second-order valence-electron chi connectivity index (χ2n) is 9.71. The van der Waals surface area contributed by atoms with Crippen LogP contribution >= 0.6 is 27.3 Å². The van der Waals surface area contributed by atoms with Crippen LogP contribution in [-0.2, 0) is 20.9 Å². The minimum absolute atomic E-state index is 0.0237. The van der Waals surface area contributed by atoms with E-state index in [1.54, 1.807) is 24.5 Å². The fourth-order valence-electron chi connectivity index (χ4n) is 5.05. The van der Waals surface area contributed by atoms with E-state index in [1.807, 2.05) is 60.7 Å². The zero-order chi connectivity index (χ0) is 28.5. The molecule has 0 fully saturated rings. The zero-order valence-electron chi connectivity index (χ0n) is 22.5. The summed E-state index contributed by atoms with van der Waals surface area (Å²) >= 11 is 4.98. The first-order chi connectivity index (χ1) is 19.9. The summed E-state index contributed by atoms with van der Waals surface area (Å²) in [6.07, 6.45) is 6.58. The predicted molar refractivity (Wildman–Crippen MR) is 158 cm³/mol. The van der Waals surface area contributed by atoms with Crippen molar-refractivity contribution in [2.24, 2.45) is 10.9 Å². The van der Waals surface area contributed by atoms with Gasteiger partial charge in [0.05, 0.1) is 28.5 Å². The first kappa shape index (κ1) is 27.3. The van der Waals surface area contributed by atoms with E-state index in [9.17, 15) is 9.59 Å². The van der Waals surface area contributed by atoms with Crippen molar-refractivity contribution in [1.82, 2.24) is 4.57 Å². The number of carbonyl (C=O) groups excluding carboxylic acids is 1. The molecule has 2 aliphatic heterocycles. The number of hydrogen-bond donors (Lipinski definition) is 0. The monoisotopic (exact) mass is 634 g/mol. The Labute approximate surface area is 248 Å². The SMILES string of the molecule is CCOC(=O)C1=C(C)N=c2s/c(=C\[C@H]3C=CC(OCc4ccccc4)=C(Br)C3)c(=O)n2[C@@H]1c1ccc2c(c1)OCO2. The molecule has 6 rings (SSSR count). The third-order valence-corrected chi connectivity index (χ3v) is 8.72. The van der Waals surface area contributed by atoms with E-state index >= 15 is 0 Å². The molecule has 0 spiro atoms. The van der Waals surface area contributed by atoms with Crippen molar-refractivity contribution in [2.45, 2.75) is 32.9 Å². The Morgan fingerprint density at radius 2 is 2.00 bits per heavy atom. The Hall–Kier alpha value is -3.89. The Balaban J connectivity index is 1.34. The van der Waals surface area contributed by atoms with Gasteiger partial charge in [-0.1, -0.05) is 75.8 Å². The minimum atomic E-state index is -0.714. The average molecular weight is 636 g/mol. The van der Waals surface area contributed by atoms with Crippen LogP contribution in [0.4, 0.5) is 0 Å². The van der Waals surface area contributed by atoms with Gasteiger partial charge < -0.3 is 18.9 Å². The number of carbonyl (C=O) groups is 1. The number of nitrogens with zero attached hydrogens (tertiary/aromatic N) is 2. The van der Waals surface area contributed by atoms with Crippen LogP contribution < -0.4 is 24.4 Å². The number of hydrogen-bond acceptors (Lipinski definition) is 8. The van der Waals surface area contributed by atoms with Crippen LogP contribution in [0, 0.1) is 5.92 Å². The highest BCUT2D eigenvalue weighted by Gasteiger charge is 2.34. The van der Waals surface area contributed by atoms with Crippen LogP contribution in [-0.4, -0.2) is 23.9 Å². The molecule has 41 heavy (non-hydrogen) atoms. The van der Waals surface area contributed by atoms with Crippen molar-refractivity contribution >= 4 is 39.3 Å². The number of ether oxygens (including phenoxy) is 4. The number of allylic oxidation sites excluding steroid dienone is 4.